The highest BCUT2D eigenvalue weighted by molar-refractivity contribution is 14.1. The van der Waals surface area contributed by atoms with Gasteiger partial charge in [0.25, 0.3) is 0 Å². The molecule has 0 aromatic heterocycles. The van der Waals surface area contributed by atoms with Gasteiger partial charge in [-0.3, -0.25) is 0 Å². The first kappa shape index (κ1) is 11.4. The minimum absolute atomic E-state index is 0.0335. The Balaban J connectivity index is 1.70. The maximum atomic E-state index is 9.71. The SMILES string of the molecule is OC(CCCc1ccc(I)cc1)C1CC1. The molecule has 1 aromatic carbocycles. The summed E-state index contributed by atoms with van der Waals surface area (Å²) < 4.78 is 1.29. The smallest absolute Gasteiger partial charge is 0.0568 e. The minimum atomic E-state index is -0.0335. The molecular weight excluding hydrogens is 299 g/mol. The molecule has 0 aliphatic heterocycles. The van der Waals surface area contributed by atoms with E-state index >= 15 is 0 Å². The van der Waals surface area contributed by atoms with Crippen LogP contribution in [0.2, 0.25) is 0 Å². The molecule has 15 heavy (non-hydrogen) atoms. The van der Waals surface area contributed by atoms with E-state index in [0.717, 1.165) is 19.3 Å². The molecule has 2 heteroatoms. The molecule has 1 aliphatic carbocycles. The Morgan fingerprint density at radius 3 is 2.53 bits per heavy atom. The summed E-state index contributed by atoms with van der Waals surface area (Å²) in [4.78, 5) is 0. The summed E-state index contributed by atoms with van der Waals surface area (Å²) in [6, 6.07) is 8.66. The molecule has 0 bridgehead atoms. The van der Waals surface area contributed by atoms with Crippen LogP contribution >= 0.6 is 22.6 Å². The van der Waals surface area contributed by atoms with Crippen molar-refractivity contribution in [2.45, 2.75) is 38.2 Å². The number of aliphatic hydroxyl groups is 1. The molecule has 1 nitrogen and oxygen atoms in total. The van der Waals surface area contributed by atoms with Crippen molar-refractivity contribution in [3.8, 4) is 0 Å². The lowest BCUT2D eigenvalue weighted by molar-refractivity contribution is 0.139. The fraction of sp³-hybridized carbons (Fsp3) is 0.538. The lowest BCUT2D eigenvalue weighted by atomic mass is 10.0. The fourth-order valence-corrected chi connectivity index (χ4v) is 2.24. The van der Waals surface area contributed by atoms with Crippen LogP contribution in [-0.4, -0.2) is 11.2 Å². The maximum absolute atomic E-state index is 9.71. The molecule has 1 aromatic rings. The summed E-state index contributed by atoms with van der Waals surface area (Å²) in [5.74, 6) is 0.627. The number of hydrogen-bond acceptors (Lipinski definition) is 1. The molecule has 0 radical (unpaired) electrons. The van der Waals surface area contributed by atoms with Gasteiger partial charge in [-0.1, -0.05) is 12.1 Å². The molecule has 82 valence electrons. The first-order valence-electron chi connectivity index (χ1n) is 5.68. The predicted molar refractivity (Wildman–Crippen MR) is 70.8 cm³/mol. The van der Waals surface area contributed by atoms with Crippen LogP contribution in [0.5, 0.6) is 0 Å². The standard InChI is InChI=1S/C13H17IO/c14-12-8-4-10(5-9-12)2-1-3-13(15)11-6-7-11/h4-5,8-9,11,13,15H,1-3,6-7H2. The summed E-state index contributed by atoms with van der Waals surface area (Å²) >= 11 is 2.32. The molecule has 1 atom stereocenters. The van der Waals surface area contributed by atoms with E-state index in [1.165, 1.54) is 22.0 Å². The summed E-state index contributed by atoms with van der Waals surface area (Å²) in [5.41, 5.74) is 1.39. The maximum Gasteiger partial charge on any atom is 0.0568 e. The van der Waals surface area contributed by atoms with Gasteiger partial charge in [-0.2, -0.15) is 0 Å². The topological polar surface area (TPSA) is 20.2 Å². The minimum Gasteiger partial charge on any atom is -0.393 e. The lowest BCUT2D eigenvalue weighted by Crippen LogP contribution is -2.08. The molecule has 0 saturated heterocycles. The van der Waals surface area contributed by atoms with E-state index in [2.05, 4.69) is 46.9 Å². The summed E-state index contributed by atoms with van der Waals surface area (Å²) in [5, 5.41) is 9.71. The van der Waals surface area contributed by atoms with Crippen LogP contribution in [-0.2, 0) is 6.42 Å². The summed E-state index contributed by atoms with van der Waals surface area (Å²) in [7, 11) is 0. The van der Waals surface area contributed by atoms with Crippen LogP contribution in [0.1, 0.15) is 31.2 Å². The molecule has 2 rings (SSSR count). The second kappa shape index (κ2) is 5.30. The van der Waals surface area contributed by atoms with Gasteiger partial charge in [0.05, 0.1) is 6.10 Å². The summed E-state index contributed by atoms with van der Waals surface area (Å²) in [6.45, 7) is 0. The molecule has 1 fully saturated rings. The second-order valence-corrected chi connectivity index (χ2v) is 5.67. The molecule has 1 unspecified atom stereocenters. The van der Waals surface area contributed by atoms with Gasteiger partial charge >= 0.3 is 0 Å². The van der Waals surface area contributed by atoms with E-state index in [-0.39, 0.29) is 6.10 Å². The van der Waals surface area contributed by atoms with Crippen LogP contribution in [0.15, 0.2) is 24.3 Å². The van der Waals surface area contributed by atoms with Crippen molar-refractivity contribution in [3.05, 3.63) is 33.4 Å². The Morgan fingerprint density at radius 1 is 1.27 bits per heavy atom. The van der Waals surface area contributed by atoms with Gasteiger partial charge in [-0.05, 0) is 78.3 Å². The molecule has 0 spiro atoms. The molecule has 0 heterocycles. The normalized spacial score (nSPS) is 17.7. The average molecular weight is 316 g/mol. The third-order valence-corrected chi connectivity index (χ3v) is 3.76. The van der Waals surface area contributed by atoms with Crippen molar-refractivity contribution >= 4 is 22.6 Å². The van der Waals surface area contributed by atoms with Crippen molar-refractivity contribution in [3.63, 3.8) is 0 Å². The van der Waals surface area contributed by atoms with Crippen molar-refractivity contribution in [2.75, 3.05) is 0 Å². The largest absolute Gasteiger partial charge is 0.393 e. The number of rotatable bonds is 5. The molecule has 0 amide bonds. The highest BCUT2D eigenvalue weighted by Crippen LogP contribution is 2.34. The molecule has 1 N–H and O–H groups in total. The zero-order valence-electron chi connectivity index (χ0n) is 8.82. The van der Waals surface area contributed by atoms with Gasteiger partial charge < -0.3 is 5.11 Å². The van der Waals surface area contributed by atoms with Gasteiger partial charge in [0.1, 0.15) is 0 Å². The van der Waals surface area contributed by atoms with E-state index in [0.29, 0.717) is 5.92 Å². The third-order valence-electron chi connectivity index (χ3n) is 3.04. The number of benzene rings is 1. The first-order chi connectivity index (χ1) is 7.25. The zero-order valence-corrected chi connectivity index (χ0v) is 11.0. The van der Waals surface area contributed by atoms with E-state index in [1.807, 2.05) is 0 Å². The van der Waals surface area contributed by atoms with Crippen molar-refractivity contribution in [1.82, 2.24) is 0 Å². The van der Waals surface area contributed by atoms with E-state index in [4.69, 9.17) is 0 Å². The Hall–Kier alpha value is -0.0900. The van der Waals surface area contributed by atoms with Crippen LogP contribution in [0.4, 0.5) is 0 Å². The van der Waals surface area contributed by atoms with Crippen molar-refractivity contribution in [2.24, 2.45) is 5.92 Å². The highest BCUT2D eigenvalue weighted by atomic mass is 127. The quantitative estimate of drug-likeness (QED) is 0.826. The van der Waals surface area contributed by atoms with Crippen molar-refractivity contribution < 1.29 is 5.11 Å². The van der Waals surface area contributed by atoms with E-state index in [9.17, 15) is 5.11 Å². The highest BCUT2D eigenvalue weighted by Gasteiger charge is 2.28. The van der Waals surface area contributed by atoms with Crippen LogP contribution in [0.3, 0.4) is 0 Å². The van der Waals surface area contributed by atoms with Gasteiger partial charge in [-0.25, -0.2) is 0 Å². The predicted octanol–water partition coefficient (Wildman–Crippen LogP) is 3.38. The lowest BCUT2D eigenvalue weighted by Gasteiger charge is -2.08. The van der Waals surface area contributed by atoms with Crippen LogP contribution in [0.25, 0.3) is 0 Å². The Kier molecular flexibility index (Phi) is 4.03. The number of halogens is 1. The number of aliphatic hydroxyl groups excluding tert-OH is 1. The Bertz CT molecular complexity index is 303. The van der Waals surface area contributed by atoms with E-state index in [1.54, 1.807) is 0 Å². The van der Waals surface area contributed by atoms with Gasteiger partial charge in [0.2, 0.25) is 0 Å². The molecule has 1 saturated carbocycles. The number of aryl methyl sites for hydroxylation is 1. The third kappa shape index (κ3) is 3.76. The van der Waals surface area contributed by atoms with E-state index < -0.39 is 0 Å². The average Bonchev–Trinajstić information content (AvgIpc) is 3.04. The second-order valence-electron chi connectivity index (χ2n) is 4.42. The fourth-order valence-electron chi connectivity index (χ4n) is 1.88. The number of hydrogen-bond donors (Lipinski definition) is 1. The zero-order chi connectivity index (χ0) is 10.7. The monoisotopic (exact) mass is 316 g/mol. The first-order valence-corrected chi connectivity index (χ1v) is 6.76. The van der Waals surface area contributed by atoms with Gasteiger partial charge in [0, 0.05) is 3.57 Å². The summed E-state index contributed by atoms with van der Waals surface area (Å²) in [6.07, 6.45) is 5.62. The van der Waals surface area contributed by atoms with Crippen molar-refractivity contribution in [1.29, 1.82) is 0 Å². The van der Waals surface area contributed by atoms with Gasteiger partial charge in [0.15, 0.2) is 0 Å². The molecular formula is C13H17IO. The molecule has 1 aliphatic rings. The van der Waals surface area contributed by atoms with Crippen LogP contribution < -0.4 is 0 Å². The Labute approximate surface area is 105 Å². The van der Waals surface area contributed by atoms with Gasteiger partial charge in [-0.15, -0.1) is 0 Å². The Morgan fingerprint density at radius 2 is 1.93 bits per heavy atom. The van der Waals surface area contributed by atoms with Crippen LogP contribution in [0, 0.1) is 9.49 Å².